The average Bonchev–Trinajstić information content (AvgIpc) is 4.15. The van der Waals surface area contributed by atoms with E-state index in [9.17, 15) is 28.8 Å². The predicted octanol–water partition coefficient (Wildman–Crippen LogP) is 13.1. The van der Waals surface area contributed by atoms with Crippen LogP contribution in [0.5, 0.6) is 0 Å². The van der Waals surface area contributed by atoms with Crippen molar-refractivity contribution < 1.29 is 38.4 Å². The first kappa shape index (κ1) is 46.7. The summed E-state index contributed by atoms with van der Waals surface area (Å²) >= 11 is 2.51. The molecule has 0 fully saturated rings. The predicted molar refractivity (Wildman–Crippen MR) is 274 cm³/mol. The second kappa shape index (κ2) is 19.4. The fourth-order valence-corrected chi connectivity index (χ4v) is 12.2. The summed E-state index contributed by atoms with van der Waals surface area (Å²) in [5.74, 6) is -3.56. The van der Waals surface area contributed by atoms with Crippen molar-refractivity contribution in [2.75, 3.05) is 13.1 Å². The van der Waals surface area contributed by atoms with Gasteiger partial charge in [0, 0.05) is 87.9 Å². The van der Waals surface area contributed by atoms with Gasteiger partial charge in [0.25, 0.3) is 23.6 Å². The summed E-state index contributed by atoms with van der Waals surface area (Å²) in [6.07, 6.45) is 14.3. The van der Waals surface area contributed by atoms with E-state index in [1.54, 1.807) is 97.1 Å². The smallest absolute Gasteiger partial charge is 0.262 e. The molecule has 0 atom stereocenters. The van der Waals surface area contributed by atoms with Crippen LogP contribution in [-0.2, 0) is 0 Å². The summed E-state index contributed by atoms with van der Waals surface area (Å²) in [6, 6.07) is 23.9. The van der Waals surface area contributed by atoms with Crippen LogP contribution in [0, 0.1) is 0 Å². The molecule has 352 valence electrons. The Morgan fingerprint density at radius 2 is 0.729 bits per heavy atom. The normalized spacial score (nSPS) is 15.1. The van der Waals surface area contributed by atoms with E-state index in [4.69, 9.17) is 0 Å². The lowest BCUT2D eigenvalue weighted by Gasteiger charge is -2.34. The molecule has 4 heterocycles. The summed E-state index contributed by atoms with van der Waals surface area (Å²) < 4.78 is 0. The van der Waals surface area contributed by atoms with E-state index in [0.717, 1.165) is 64.2 Å². The number of hydrogen-bond donors (Lipinski definition) is 0. The minimum absolute atomic E-state index is 0.0364. The zero-order valence-corrected chi connectivity index (χ0v) is 40.7. The summed E-state index contributed by atoms with van der Waals surface area (Å²) in [5.41, 5.74) is 3.05. The lowest BCUT2D eigenvalue weighted by atomic mass is 9.80. The second-order valence-corrected chi connectivity index (χ2v) is 20.7. The Kier molecular flexibility index (Phi) is 12.9. The van der Waals surface area contributed by atoms with Crippen molar-refractivity contribution in [3.8, 4) is 20.9 Å². The molecule has 0 saturated heterocycles. The topological polar surface area (TPSA) is 143 Å². The molecular formula is C58H50N2O8S2. The number of amides is 4. The van der Waals surface area contributed by atoms with Crippen molar-refractivity contribution in [1.82, 2.24) is 9.80 Å². The highest BCUT2D eigenvalue weighted by molar-refractivity contribution is 7.16. The second-order valence-electron chi connectivity index (χ2n) is 18.4. The molecule has 2 aliphatic carbocycles. The van der Waals surface area contributed by atoms with Gasteiger partial charge in [-0.3, -0.25) is 48.2 Å². The SMILES string of the molecule is CCCCCCCCN1C(=O)c2cc(-c3ccc(C=C4C(=O)c5ccccc5C4=O)s3)c3c4c(cc(-c5ccc(C=C6C(=O)c7ccccc7C6=O)s5)c(c24)C1=O)C(=O)N(CCCCCCCC)C3=O. The lowest BCUT2D eigenvalue weighted by molar-refractivity contribution is 0.0587. The van der Waals surface area contributed by atoms with E-state index >= 15 is 9.59 Å². The van der Waals surface area contributed by atoms with Gasteiger partial charge in [0.15, 0.2) is 23.1 Å². The first-order valence-corrected chi connectivity index (χ1v) is 26.1. The van der Waals surface area contributed by atoms with Gasteiger partial charge in [-0.1, -0.05) is 127 Å². The quantitative estimate of drug-likeness (QED) is 0.0358. The van der Waals surface area contributed by atoms with Gasteiger partial charge < -0.3 is 0 Å². The Morgan fingerprint density at radius 3 is 1.09 bits per heavy atom. The monoisotopic (exact) mass is 966 g/mol. The van der Waals surface area contributed by atoms with Crippen LogP contribution in [-0.4, -0.2) is 69.7 Å². The fourth-order valence-electron chi connectivity index (χ4n) is 10.3. The van der Waals surface area contributed by atoms with Gasteiger partial charge in [-0.05, 0) is 61.4 Å². The van der Waals surface area contributed by atoms with Gasteiger partial charge in [0.1, 0.15) is 0 Å². The van der Waals surface area contributed by atoms with Crippen molar-refractivity contribution in [2.45, 2.75) is 90.9 Å². The van der Waals surface area contributed by atoms with Gasteiger partial charge in [0.05, 0.1) is 22.3 Å². The Morgan fingerprint density at radius 1 is 0.386 bits per heavy atom. The number of nitrogens with zero attached hydrogens (tertiary/aromatic N) is 2. The molecular weight excluding hydrogens is 917 g/mol. The molecule has 2 aromatic heterocycles. The van der Waals surface area contributed by atoms with Crippen molar-refractivity contribution in [3.63, 3.8) is 0 Å². The molecule has 4 aromatic carbocycles. The van der Waals surface area contributed by atoms with Gasteiger partial charge >= 0.3 is 0 Å². The highest BCUT2D eigenvalue weighted by atomic mass is 32.1. The van der Waals surface area contributed by atoms with Crippen molar-refractivity contribution in [1.29, 1.82) is 0 Å². The number of imide groups is 2. The summed E-state index contributed by atoms with van der Waals surface area (Å²) in [5, 5.41) is 0.482. The molecule has 6 aromatic rings. The van der Waals surface area contributed by atoms with E-state index in [-0.39, 0.29) is 80.4 Å². The molecule has 10 nitrogen and oxygen atoms in total. The first-order valence-electron chi connectivity index (χ1n) is 24.4. The van der Waals surface area contributed by atoms with Gasteiger partial charge in [0.2, 0.25) is 0 Å². The third-order valence-corrected chi connectivity index (χ3v) is 16.0. The van der Waals surface area contributed by atoms with Crippen LogP contribution in [0.2, 0.25) is 0 Å². The highest BCUT2D eigenvalue weighted by Crippen LogP contribution is 2.48. The number of thiophene rings is 2. The summed E-state index contributed by atoms with van der Waals surface area (Å²) in [4.78, 5) is 119. The van der Waals surface area contributed by atoms with E-state index in [1.165, 1.54) is 32.5 Å². The molecule has 10 rings (SSSR count). The Hall–Kier alpha value is -7.02. The summed E-state index contributed by atoms with van der Waals surface area (Å²) in [6.45, 7) is 4.62. The third-order valence-electron chi connectivity index (χ3n) is 13.9. The number of Topliss-reactive ketones (excluding diaryl/α,β-unsaturated/α-hetero) is 4. The molecule has 70 heavy (non-hydrogen) atoms. The number of unbranched alkanes of at least 4 members (excludes halogenated alkanes) is 10. The Bertz CT molecular complexity index is 3030. The highest BCUT2D eigenvalue weighted by Gasteiger charge is 2.43. The maximum atomic E-state index is 15.1. The molecule has 0 unspecified atom stereocenters. The third kappa shape index (κ3) is 8.06. The van der Waals surface area contributed by atoms with Crippen LogP contribution in [0.15, 0.2) is 96.1 Å². The van der Waals surface area contributed by atoms with E-state index in [0.29, 0.717) is 65.7 Å². The van der Waals surface area contributed by atoms with Crippen LogP contribution in [0.1, 0.15) is 184 Å². The molecule has 4 amide bonds. The molecule has 12 heteroatoms. The zero-order valence-electron chi connectivity index (χ0n) is 39.1. The maximum Gasteiger partial charge on any atom is 0.262 e. The molecule has 0 N–H and O–H groups in total. The Balaban J connectivity index is 1.13. The van der Waals surface area contributed by atoms with Crippen LogP contribution in [0.3, 0.4) is 0 Å². The van der Waals surface area contributed by atoms with Crippen LogP contribution in [0.25, 0.3) is 43.8 Å². The maximum absolute atomic E-state index is 15.1. The summed E-state index contributed by atoms with van der Waals surface area (Å²) in [7, 11) is 0. The van der Waals surface area contributed by atoms with E-state index in [1.807, 2.05) is 0 Å². The van der Waals surface area contributed by atoms with E-state index < -0.39 is 23.6 Å². The van der Waals surface area contributed by atoms with Crippen LogP contribution >= 0.6 is 22.7 Å². The molecule has 0 bridgehead atoms. The van der Waals surface area contributed by atoms with Gasteiger partial charge in [-0.15, -0.1) is 22.7 Å². The average molecular weight is 967 g/mol. The largest absolute Gasteiger partial charge is 0.288 e. The van der Waals surface area contributed by atoms with E-state index in [2.05, 4.69) is 13.8 Å². The first-order chi connectivity index (χ1) is 34.0. The standard InChI is InChI=1S/C58H50N2O8S2/c1-3-5-7-9-11-17-27-59-55(65)41-31-40(46-26-24-34(70-46)30-44-53(63)37-21-15-16-22-38(37)54(44)64)50-48-42(56(66)60(58(50)68)28-18-12-10-8-6-4-2)32-39(49(47(41)48)57(59)67)45-25-23-33(69-45)29-43-51(61)35-19-13-14-20-36(35)52(43)62/h13-16,19-26,29-32H,3-12,17-18,27-28H2,1-2H3. The number of rotatable bonds is 18. The van der Waals surface area contributed by atoms with Crippen molar-refractivity contribution in [2.24, 2.45) is 0 Å². The number of hydrogen-bond acceptors (Lipinski definition) is 10. The molecule has 0 spiro atoms. The number of ketones is 4. The number of fused-ring (bicyclic) bond motifs is 2. The van der Waals surface area contributed by atoms with Crippen LogP contribution in [0.4, 0.5) is 0 Å². The minimum atomic E-state index is -0.525. The Labute approximate surface area is 413 Å². The fraction of sp³-hybridized carbons (Fsp3) is 0.276. The zero-order chi connectivity index (χ0) is 48.8. The van der Waals surface area contributed by atoms with Gasteiger partial charge in [-0.25, -0.2) is 0 Å². The van der Waals surface area contributed by atoms with Gasteiger partial charge in [-0.2, -0.15) is 0 Å². The molecule has 2 aliphatic heterocycles. The number of carbonyl (C=O) groups excluding carboxylic acids is 8. The van der Waals surface area contributed by atoms with Crippen molar-refractivity contribution >= 4 is 92.4 Å². The number of allylic oxidation sites excluding steroid dienone is 2. The number of benzene rings is 4. The number of carbonyl (C=O) groups is 8. The molecule has 4 aliphatic rings. The lowest BCUT2D eigenvalue weighted by Crippen LogP contribution is -2.44. The van der Waals surface area contributed by atoms with Crippen LogP contribution < -0.4 is 0 Å². The molecule has 0 radical (unpaired) electrons. The minimum Gasteiger partial charge on any atom is -0.288 e. The molecule has 0 saturated carbocycles. The van der Waals surface area contributed by atoms with Crippen molar-refractivity contribution in [3.05, 3.63) is 150 Å².